The van der Waals surface area contributed by atoms with Crippen molar-refractivity contribution in [2.75, 3.05) is 0 Å². The summed E-state index contributed by atoms with van der Waals surface area (Å²) in [6.45, 7) is 6.73. The molecule has 0 bridgehead atoms. The van der Waals surface area contributed by atoms with Crippen molar-refractivity contribution < 1.29 is 9.90 Å². The average molecular weight is 447 g/mol. The summed E-state index contributed by atoms with van der Waals surface area (Å²) in [7, 11) is 0. The number of halogens is 2. The molecule has 0 amide bonds. The number of rotatable bonds is 6. The van der Waals surface area contributed by atoms with E-state index in [-0.39, 0.29) is 30.4 Å². The van der Waals surface area contributed by atoms with Crippen molar-refractivity contribution >= 4 is 30.8 Å². The number of carbonyl (C=O) groups is 1. The Balaban J connectivity index is 0.00000225. The number of carboxylic acid groups (broad SMARTS) is 1. The number of hydrogen-bond acceptors (Lipinski definition) is 3. The number of pyridine rings is 1. The Morgan fingerprint density at radius 1 is 1.03 bits per heavy atom. The van der Waals surface area contributed by atoms with Gasteiger partial charge in [0.15, 0.2) is 0 Å². The highest BCUT2D eigenvalue weighted by molar-refractivity contribution is 5.96. The number of aromatic carboxylic acids is 1. The van der Waals surface area contributed by atoms with Crippen LogP contribution in [0.5, 0.6) is 0 Å². The zero-order valence-electron chi connectivity index (χ0n) is 17.4. The second-order valence-electron chi connectivity index (χ2n) is 7.50. The van der Waals surface area contributed by atoms with Gasteiger partial charge in [0.05, 0.1) is 11.3 Å². The topological polar surface area (TPSA) is 76.2 Å². The molecule has 0 aliphatic carbocycles. The van der Waals surface area contributed by atoms with Gasteiger partial charge in [0.2, 0.25) is 0 Å². The van der Waals surface area contributed by atoms with Crippen molar-refractivity contribution in [3.63, 3.8) is 0 Å². The zero-order chi connectivity index (χ0) is 20.3. The van der Waals surface area contributed by atoms with E-state index in [1.807, 2.05) is 18.2 Å². The fourth-order valence-electron chi connectivity index (χ4n) is 3.43. The van der Waals surface area contributed by atoms with Crippen LogP contribution in [0.3, 0.4) is 0 Å². The maximum Gasteiger partial charge on any atom is 0.336 e. The first-order chi connectivity index (χ1) is 13.4. The van der Waals surface area contributed by atoms with Gasteiger partial charge in [-0.25, -0.2) is 4.79 Å². The summed E-state index contributed by atoms with van der Waals surface area (Å²) in [5.74, 6) is -0.545. The molecule has 0 saturated carbocycles. The van der Waals surface area contributed by atoms with E-state index in [1.165, 1.54) is 5.56 Å². The number of aryl methyl sites for hydroxylation is 1. The maximum absolute atomic E-state index is 11.7. The fraction of sp³-hybridized carbons (Fsp3) is 0.250. The average Bonchev–Trinajstić information content (AvgIpc) is 2.67. The van der Waals surface area contributed by atoms with Crippen molar-refractivity contribution in [1.29, 1.82) is 0 Å². The van der Waals surface area contributed by atoms with Gasteiger partial charge in [0.1, 0.15) is 0 Å². The van der Waals surface area contributed by atoms with Gasteiger partial charge in [0, 0.05) is 17.8 Å². The van der Waals surface area contributed by atoms with Gasteiger partial charge in [-0.3, -0.25) is 4.98 Å². The number of carboxylic acids is 1. The largest absolute Gasteiger partial charge is 0.478 e. The third kappa shape index (κ3) is 5.60. The van der Waals surface area contributed by atoms with E-state index in [1.54, 1.807) is 12.1 Å². The number of nitrogens with zero attached hydrogens (tertiary/aromatic N) is 1. The molecular weight excluding hydrogens is 419 g/mol. The SMILES string of the molecule is Cc1ccc(-c2cc(-c3ccccc3C(=O)O)nc(CC(C)C)c2CN)cc1.Cl.Cl. The molecule has 1 aromatic heterocycles. The van der Waals surface area contributed by atoms with Gasteiger partial charge in [-0.1, -0.05) is 61.9 Å². The third-order valence-corrected chi connectivity index (χ3v) is 4.81. The van der Waals surface area contributed by atoms with E-state index in [2.05, 4.69) is 45.0 Å². The molecule has 0 fully saturated rings. The Hall–Kier alpha value is -2.40. The molecule has 1 heterocycles. The third-order valence-electron chi connectivity index (χ3n) is 4.81. The van der Waals surface area contributed by atoms with E-state index in [0.29, 0.717) is 23.7 Å². The lowest BCUT2D eigenvalue weighted by Gasteiger charge is -2.18. The Morgan fingerprint density at radius 3 is 2.23 bits per heavy atom. The molecule has 3 rings (SSSR count). The second-order valence-corrected chi connectivity index (χ2v) is 7.50. The van der Waals surface area contributed by atoms with Gasteiger partial charge >= 0.3 is 5.97 Å². The predicted octanol–water partition coefficient (Wildman–Crippen LogP) is 5.92. The lowest BCUT2D eigenvalue weighted by molar-refractivity contribution is 0.0697. The Bertz CT molecular complexity index is 1000. The van der Waals surface area contributed by atoms with Crippen LogP contribution in [0, 0.1) is 12.8 Å². The molecule has 6 heteroatoms. The van der Waals surface area contributed by atoms with Gasteiger partial charge in [-0.15, -0.1) is 24.8 Å². The molecule has 0 unspecified atom stereocenters. The summed E-state index contributed by atoms with van der Waals surface area (Å²) in [5.41, 5.74) is 12.9. The molecule has 0 atom stereocenters. The van der Waals surface area contributed by atoms with Crippen LogP contribution in [0.1, 0.15) is 41.0 Å². The molecule has 2 aromatic carbocycles. The number of hydrogen-bond donors (Lipinski definition) is 2. The van der Waals surface area contributed by atoms with Gasteiger partial charge < -0.3 is 10.8 Å². The maximum atomic E-state index is 11.7. The van der Waals surface area contributed by atoms with Crippen LogP contribution in [-0.4, -0.2) is 16.1 Å². The molecular formula is C24H28Cl2N2O2. The Kier molecular flexibility index (Phi) is 9.50. The zero-order valence-corrected chi connectivity index (χ0v) is 19.0. The summed E-state index contributed by atoms with van der Waals surface area (Å²) in [6, 6.07) is 17.3. The molecule has 0 aliphatic heterocycles. The van der Waals surface area contributed by atoms with E-state index in [0.717, 1.165) is 28.8 Å². The van der Waals surface area contributed by atoms with Crippen molar-refractivity contribution in [1.82, 2.24) is 4.98 Å². The van der Waals surface area contributed by atoms with Crippen LogP contribution in [0.15, 0.2) is 54.6 Å². The monoisotopic (exact) mass is 446 g/mol. The molecule has 3 aromatic rings. The minimum atomic E-state index is -0.956. The minimum Gasteiger partial charge on any atom is -0.478 e. The number of nitrogens with two attached hydrogens (primary N) is 1. The molecule has 0 aliphatic rings. The lowest BCUT2D eigenvalue weighted by atomic mass is 9.92. The first-order valence-electron chi connectivity index (χ1n) is 9.53. The minimum absolute atomic E-state index is 0. The smallest absolute Gasteiger partial charge is 0.336 e. The molecule has 0 spiro atoms. The molecule has 0 radical (unpaired) electrons. The van der Waals surface area contributed by atoms with Crippen LogP contribution >= 0.6 is 24.8 Å². The number of aromatic nitrogens is 1. The highest BCUT2D eigenvalue weighted by Gasteiger charge is 2.18. The van der Waals surface area contributed by atoms with E-state index >= 15 is 0 Å². The molecule has 0 saturated heterocycles. The van der Waals surface area contributed by atoms with Crippen LogP contribution in [0.2, 0.25) is 0 Å². The number of benzene rings is 2. The summed E-state index contributed by atoms with van der Waals surface area (Å²) < 4.78 is 0. The summed E-state index contributed by atoms with van der Waals surface area (Å²) in [5, 5.41) is 9.61. The lowest BCUT2D eigenvalue weighted by Crippen LogP contribution is -2.10. The van der Waals surface area contributed by atoms with Gasteiger partial charge in [-0.2, -0.15) is 0 Å². The quantitative estimate of drug-likeness (QED) is 0.492. The van der Waals surface area contributed by atoms with E-state index in [4.69, 9.17) is 10.7 Å². The van der Waals surface area contributed by atoms with Crippen molar-refractivity contribution in [2.24, 2.45) is 11.7 Å². The fourth-order valence-corrected chi connectivity index (χ4v) is 3.43. The van der Waals surface area contributed by atoms with Crippen LogP contribution < -0.4 is 5.73 Å². The standard InChI is InChI=1S/C24H26N2O2.2ClH/c1-15(2)12-22-21(14-25)20(17-10-8-16(3)9-11-17)13-23(26-22)18-6-4-5-7-19(18)24(27)28;;/h4-11,13,15H,12,14,25H2,1-3H3,(H,27,28);2*1H. The van der Waals surface area contributed by atoms with Gasteiger partial charge in [-0.05, 0) is 48.1 Å². The first kappa shape index (κ1) is 25.6. The van der Waals surface area contributed by atoms with E-state index in [9.17, 15) is 9.90 Å². The van der Waals surface area contributed by atoms with Crippen molar-refractivity contribution in [3.8, 4) is 22.4 Å². The van der Waals surface area contributed by atoms with Crippen LogP contribution in [0.25, 0.3) is 22.4 Å². The highest BCUT2D eigenvalue weighted by atomic mass is 35.5. The second kappa shape index (κ2) is 11.1. The molecule has 160 valence electrons. The molecule has 4 nitrogen and oxygen atoms in total. The molecule has 30 heavy (non-hydrogen) atoms. The Morgan fingerprint density at radius 2 is 1.67 bits per heavy atom. The van der Waals surface area contributed by atoms with Gasteiger partial charge in [0.25, 0.3) is 0 Å². The van der Waals surface area contributed by atoms with Crippen molar-refractivity contribution in [2.45, 2.75) is 33.7 Å². The Labute approximate surface area is 190 Å². The van der Waals surface area contributed by atoms with Crippen LogP contribution in [-0.2, 0) is 13.0 Å². The van der Waals surface area contributed by atoms with Crippen molar-refractivity contribution in [3.05, 3.63) is 77.0 Å². The predicted molar refractivity (Wildman–Crippen MR) is 128 cm³/mol. The van der Waals surface area contributed by atoms with Crippen LogP contribution in [0.4, 0.5) is 0 Å². The summed E-state index contributed by atoms with van der Waals surface area (Å²) in [6.07, 6.45) is 0.786. The summed E-state index contributed by atoms with van der Waals surface area (Å²) in [4.78, 5) is 16.6. The molecule has 3 N–H and O–H groups in total. The van der Waals surface area contributed by atoms with E-state index < -0.39 is 5.97 Å². The summed E-state index contributed by atoms with van der Waals surface area (Å²) >= 11 is 0. The first-order valence-corrected chi connectivity index (χ1v) is 9.53. The normalized spacial score (nSPS) is 10.3. The highest BCUT2D eigenvalue weighted by Crippen LogP contribution is 2.32.